The fourth-order valence-electron chi connectivity index (χ4n) is 0. The molecule has 5 heteroatoms. The van der Waals surface area contributed by atoms with Crippen LogP contribution in [0.25, 0.3) is 0 Å². The largest absolute Gasteiger partial charge is 0 e. The van der Waals surface area contributed by atoms with E-state index in [1.165, 1.54) is 0 Å². The molecular formula is BCoCrHfRe. The summed E-state index contributed by atoms with van der Waals surface area (Å²) in [6.45, 7) is 0. The van der Waals surface area contributed by atoms with Gasteiger partial charge in [-0.15, -0.1) is 0 Å². The zero-order valence-corrected chi connectivity index (χ0v) is 10.8. The Kier molecular flexibility index (Phi) is 294. The zero-order valence-electron chi connectivity index (χ0n) is 2.20. The Bertz CT molecular complexity index is 11.6. The maximum atomic E-state index is 0. The Labute approximate surface area is 87.6 Å². The molecule has 0 N–H and O–H groups in total. The SMILES string of the molecule is [B].[Co].[Cr].[Hf].[Re]. The van der Waals surface area contributed by atoms with E-state index in [2.05, 4.69) is 0 Å². The maximum Gasteiger partial charge on any atom is 0 e. The molecule has 0 nitrogen and oxygen atoms in total. The van der Waals surface area contributed by atoms with Gasteiger partial charge in [-0.05, 0) is 0 Å². The van der Waals surface area contributed by atoms with Gasteiger partial charge in [0.1, 0.15) is 0 Å². The van der Waals surface area contributed by atoms with Crippen LogP contribution in [0.2, 0.25) is 0 Å². The first kappa shape index (κ1) is 48.4. The van der Waals surface area contributed by atoms with E-state index in [0.29, 0.717) is 0 Å². The number of hydrogen-bond acceptors (Lipinski definition) is 0. The summed E-state index contributed by atoms with van der Waals surface area (Å²) in [5.41, 5.74) is 0. The van der Waals surface area contributed by atoms with Crippen molar-refractivity contribution in [1.29, 1.82) is 0 Å². The second-order valence-corrected chi connectivity index (χ2v) is 0. The van der Waals surface area contributed by atoms with E-state index >= 15 is 0 Å². The summed E-state index contributed by atoms with van der Waals surface area (Å²) in [7, 11) is 0. The first-order valence-electron chi connectivity index (χ1n) is 0. The van der Waals surface area contributed by atoms with Gasteiger partial charge < -0.3 is 0 Å². The predicted molar refractivity (Wildman–Crippen MR) is 5.75 cm³/mol. The van der Waals surface area contributed by atoms with Gasteiger partial charge in [0.15, 0.2) is 0 Å². The van der Waals surface area contributed by atoms with Crippen molar-refractivity contribution < 1.29 is 80.4 Å². The van der Waals surface area contributed by atoms with E-state index in [1.54, 1.807) is 0 Å². The smallest absolute Gasteiger partial charge is 0 e. The van der Waals surface area contributed by atoms with E-state index in [4.69, 9.17) is 0 Å². The van der Waals surface area contributed by atoms with Crippen LogP contribution < -0.4 is 0 Å². The van der Waals surface area contributed by atoms with E-state index < -0.39 is 0 Å². The molecule has 0 aliphatic heterocycles. The molecule has 29 valence electrons. The quantitative estimate of drug-likeness (QED) is 0.410. The van der Waals surface area contributed by atoms with Crippen molar-refractivity contribution in [2.45, 2.75) is 0 Å². The summed E-state index contributed by atoms with van der Waals surface area (Å²) >= 11 is 0. The van der Waals surface area contributed by atoms with Crippen LogP contribution in [0.5, 0.6) is 0 Å². The molecule has 0 aromatic rings. The van der Waals surface area contributed by atoms with Gasteiger partial charge >= 0.3 is 0 Å². The van der Waals surface area contributed by atoms with Crippen molar-refractivity contribution in [2.24, 2.45) is 0 Å². The zero-order chi connectivity index (χ0) is 0. The van der Waals surface area contributed by atoms with Crippen LogP contribution in [-0.4, -0.2) is 8.41 Å². The van der Waals surface area contributed by atoms with Crippen molar-refractivity contribution in [3.05, 3.63) is 0 Å². The second kappa shape index (κ2) is 30.3. The fraction of sp³-hybridized carbons (Fsp3) is 0. The summed E-state index contributed by atoms with van der Waals surface area (Å²) in [4.78, 5) is 0. The average molecular weight is 486 g/mol. The Balaban J connectivity index is 0. The predicted octanol–water partition coefficient (Wildman–Crippen LogP) is -0.391. The minimum Gasteiger partial charge on any atom is 0 e. The monoisotopic (exact) mass is 489 g/mol. The van der Waals surface area contributed by atoms with Gasteiger partial charge in [-0.2, -0.15) is 0 Å². The molecule has 5 radical (unpaired) electrons. The third-order valence-corrected chi connectivity index (χ3v) is 0. The van der Waals surface area contributed by atoms with Gasteiger partial charge in [0.2, 0.25) is 0 Å². The molecule has 0 atom stereocenters. The molecule has 0 aromatic heterocycles. The fourth-order valence-corrected chi connectivity index (χ4v) is 0. The van der Waals surface area contributed by atoms with Gasteiger partial charge in [0, 0.05) is 88.8 Å². The third kappa shape index (κ3) is 20.5. The van der Waals surface area contributed by atoms with Crippen molar-refractivity contribution in [2.75, 3.05) is 0 Å². The van der Waals surface area contributed by atoms with Gasteiger partial charge in [-0.25, -0.2) is 0 Å². The van der Waals surface area contributed by atoms with Crippen molar-refractivity contribution in [1.82, 2.24) is 0 Å². The molecule has 0 aromatic carbocycles. The maximum absolute atomic E-state index is 0. The van der Waals surface area contributed by atoms with Gasteiger partial charge in [0.25, 0.3) is 0 Å². The third-order valence-electron chi connectivity index (χ3n) is 0. The Hall–Kier alpha value is 2.64. The van der Waals surface area contributed by atoms with Gasteiger partial charge in [-0.3, -0.25) is 0 Å². The summed E-state index contributed by atoms with van der Waals surface area (Å²) in [5, 5.41) is 0. The van der Waals surface area contributed by atoms with Crippen LogP contribution in [0.1, 0.15) is 0 Å². The van der Waals surface area contributed by atoms with Crippen LogP contribution >= 0.6 is 0 Å². The molecule has 0 fully saturated rings. The Morgan fingerprint density at radius 3 is 1.00 bits per heavy atom. The van der Waals surface area contributed by atoms with Crippen LogP contribution in [0.3, 0.4) is 0 Å². The van der Waals surface area contributed by atoms with Gasteiger partial charge in [-0.1, -0.05) is 0 Å². The summed E-state index contributed by atoms with van der Waals surface area (Å²) in [6, 6.07) is 0. The Morgan fingerprint density at radius 1 is 1.00 bits per heavy atom. The average Bonchev–Trinajstić information content (AvgIpc) is 0. The second-order valence-electron chi connectivity index (χ2n) is 0. The first-order valence-corrected chi connectivity index (χ1v) is 0. The molecule has 5 heavy (non-hydrogen) atoms. The topological polar surface area (TPSA) is 0 Å². The minimum absolute atomic E-state index is 0. The normalized spacial score (nSPS) is 0. The molecule has 0 rings (SSSR count). The van der Waals surface area contributed by atoms with Crippen LogP contribution in [0, 0.1) is 0 Å². The van der Waals surface area contributed by atoms with Crippen molar-refractivity contribution in [3.8, 4) is 0 Å². The number of rotatable bonds is 0. The summed E-state index contributed by atoms with van der Waals surface area (Å²) in [6.07, 6.45) is 0. The van der Waals surface area contributed by atoms with E-state index in [9.17, 15) is 0 Å². The molecule has 0 saturated heterocycles. The molecule has 0 saturated carbocycles. The van der Waals surface area contributed by atoms with Crippen molar-refractivity contribution >= 4 is 8.41 Å². The molecule has 0 aliphatic carbocycles. The van der Waals surface area contributed by atoms with Gasteiger partial charge in [0.05, 0.1) is 0 Å². The van der Waals surface area contributed by atoms with Crippen LogP contribution in [0.15, 0.2) is 0 Å². The molecule has 0 heterocycles. The summed E-state index contributed by atoms with van der Waals surface area (Å²) < 4.78 is 0. The van der Waals surface area contributed by atoms with E-state index in [-0.39, 0.29) is 88.8 Å². The van der Waals surface area contributed by atoms with Crippen LogP contribution in [-0.2, 0) is 80.4 Å². The standard InChI is InChI=1S/B.Co.Cr.Hf.Re. The molecule has 0 spiro atoms. The van der Waals surface area contributed by atoms with Crippen LogP contribution in [0.4, 0.5) is 0 Å². The van der Waals surface area contributed by atoms with E-state index in [0.717, 1.165) is 0 Å². The molecule has 0 bridgehead atoms. The Morgan fingerprint density at radius 2 is 1.00 bits per heavy atom. The first-order chi connectivity index (χ1) is 0. The van der Waals surface area contributed by atoms with E-state index in [1.807, 2.05) is 0 Å². The van der Waals surface area contributed by atoms with Crippen molar-refractivity contribution in [3.63, 3.8) is 0 Å². The number of hydrogen-bond donors (Lipinski definition) is 0. The molecule has 0 aliphatic rings. The molecule has 0 amide bonds. The molecule has 0 unspecified atom stereocenters. The molecular weight excluding hydrogens is 486 g/mol. The summed E-state index contributed by atoms with van der Waals surface area (Å²) in [5.74, 6) is 0. The minimum atomic E-state index is 0.